The lowest BCUT2D eigenvalue weighted by Gasteiger charge is -2.22. The van der Waals surface area contributed by atoms with Crippen molar-refractivity contribution in [3.8, 4) is 0 Å². The molecule has 126 valence electrons. The van der Waals surface area contributed by atoms with Gasteiger partial charge < -0.3 is 20.9 Å². The fourth-order valence-corrected chi connectivity index (χ4v) is 2.25. The molecule has 0 spiro atoms. The molecule has 0 aliphatic carbocycles. The van der Waals surface area contributed by atoms with Gasteiger partial charge in [0.2, 0.25) is 0 Å². The highest BCUT2D eigenvalue weighted by Crippen LogP contribution is 2.24. The van der Waals surface area contributed by atoms with Gasteiger partial charge in [0.1, 0.15) is 5.60 Å². The fraction of sp³-hybridized carbons (Fsp3) is 0.733. The third-order valence-electron chi connectivity index (χ3n) is 3.41. The number of carbonyl (C=O) groups is 1. The van der Waals surface area contributed by atoms with Gasteiger partial charge in [-0.05, 0) is 41.0 Å². The molecule has 1 heterocycles. The quantitative estimate of drug-likeness (QED) is 0.761. The number of aliphatic hydroxyl groups is 1. The summed E-state index contributed by atoms with van der Waals surface area (Å²) < 4.78 is 6.86. The maximum absolute atomic E-state index is 11.5. The Morgan fingerprint density at radius 1 is 1.45 bits per heavy atom. The molecular formula is C15H28N4O3. The highest BCUT2D eigenvalue weighted by molar-refractivity contribution is 5.67. The summed E-state index contributed by atoms with van der Waals surface area (Å²) in [5.41, 5.74) is 7.91. The van der Waals surface area contributed by atoms with Crippen LogP contribution in [0.4, 0.5) is 4.79 Å². The van der Waals surface area contributed by atoms with Gasteiger partial charge in [0, 0.05) is 30.9 Å². The van der Waals surface area contributed by atoms with Crippen LogP contribution in [-0.4, -0.2) is 39.2 Å². The standard InChI is InChI=1S/C15H28N4O3/c1-9-12(10(2)19(6)18-9)13(20)11(16)7-8-17-14(21)22-15(3,4)5/h11,13,20H,7-8,16H2,1-6H3,(H,17,21). The molecule has 0 radical (unpaired) electrons. The molecule has 0 bridgehead atoms. The highest BCUT2D eigenvalue weighted by Gasteiger charge is 2.24. The van der Waals surface area contributed by atoms with Crippen molar-refractivity contribution in [3.05, 3.63) is 17.0 Å². The van der Waals surface area contributed by atoms with Crippen LogP contribution < -0.4 is 11.1 Å². The minimum atomic E-state index is -0.811. The van der Waals surface area contributed by atoms with Crippen LogP contribution in [0.3, 0.4) is 0 Å². The van der Waals surface area contributed by atoms with E-state index in [4.69, 9.17) is 10.5 Å². The second kappa shape index (κ2) is 7.11. The van der Waals surface area contributed by atoms with Crippen LogP contribution in [-0.2, 0) is 11.8 Å². The summed E-state index contributed by atoms with van der Waals surface area (Å²) in [6.07, 6.45) is -0.856. The van der Waals surface area contributed by atoms with Crippen LogP contribution in [0, 0.1) is 13.8 Å². The predicted octanol–water partition coefficient (Wildman–Crippen LogP) is 1.31. The number of carbonyl (C=O) groups excluding carboxylic acids is 1. The number of amides is 1. The van der Waals surface area contributed by atoms with E-state index in [0.29, 0.717) is 13.0 Å². The summed E-state index contributed by atoms with van der Waals surface area (Å²) >= 11 is 0. The number of nitrogens with zero attached hydrogens (tertiary/aromatic N) is 2. The van der Waals surface area contributed by atoms with E-state index in [0.717, 1.165) is 17.0 Å². The first kappa shape index (κ1) is 18.4. The number of nitrogens with one attached hydrogen (secondary N) is 1. The van der Waals surface area contributed by atoms with Crippen molar-refractivity contribution in [1.29, 1.82) is 0 Å². The van der Waals surface area contributed by atoms with Gasteiger partial charge in [-0.1, -0.05) is 0 Å². The first-order valence-electron chi connectivity index (χ1n) is 7.43. The Labute approximate surface area is 131 Å². The lowest BCUT2D eigenvalue weighted by atomic mass is 9.99. The molecule has 1 amide bonds. The van der Waals surface area contributed by atoms with Crippen LogP contribution >= 0.6 is 0 Å². The summed E-state index contributed by atoms with van der Waals surface area (Å²) in [6, 6.07) is -0.489. The first-order valence-corrected chi connectivity index (χ1v) is 7.43. The number of rotatable bonds is 5. The summed E-state index contributed by atoms with van der Waals surface area (Å²) in [4.78, 5) is 11.5. The van der Waals surface area contributed by atoms with E-state index in [2.05, 4.69) is 10.4 Å². The molecule has 1 aromatic heterocycles. The average molecular weight is 312 g/mol. The molecule has 7 nitrogen and oxygen atoms in total. The topological polar surface area (TPSA) is 102 Å². The van der Waals surface area contributed by atoms with Crippen molar-refractivity contribution in [1.82, 2.24) is 15.1 Å². The number of aliphatic hydroxyl groups excluding tert-OH is 1. The Morgan fingerprint density at radius 3 is 2.50 bits per heavy atom. The van der Waals surface area contributed by atoms with E-state index >= 15 is 0 Å². The van der Waals surface area contributed by atoms with Crippen molar-refractivity contribution in [3.63, 3.8) is 0 Å². The number of aromatic nitrogens is 2. The average Bonchev–Trinajstić information content (AvgIpc) is 2.60. The molecule has 22 heavy (non-hydrogen) atoms. The largest absolute Gasteiger partial charge is 0.444 e. The van der Waals surface area contributed by atoms with Crippen molar-refractivity contribution >= 4 is 6.09 Å². The third-order valence-corrected chi connectivity index (χ3v) is 3.41. The lowest BCUT2D eigenvalue weighted by Crippen LogP contribution is -2.37. The van der Waals surface area contributed by atoms with Crippen LogP contribution in [0.15, 0.2) is 0 Å². The van der Waals surface area contributed by atoms with E-state index in [9.17, 15) is 9.90 Å². The second-order valence-corrected chi connectivity index (χ2v) is 6.53. The number of nitrogens with two attached hydrogens (primary N) is 1. The first-order chi connectivity index (χ1) is 10.0. The van der Waals surface area contributed by atoms with Gasteiger partial charge >= 0.3 is 6.09 Å². The Kier molecular flexibility index (Phi) is 5.96. The zero-order valence-electron chi connectivity index (χ0n) is 14.3. The number of hydrogen-bond acceptors (Lipinski definition) is 5. The van der Waals surface area contributed by atoms with Gasteiger partial charge in [0.15, 0.2) is 0 Å². The predicted molar refractivity (Wildman–Crippen MR) is 84.5 cm³/mol. The normalized spacial score (nSPS) is 14.5. The van der Waals surface area contributed by atoms with Crippen LogP contribution in [0.2, 0.25) is 0 Å². The van der Waals surface area contributed by atoms with Crippen molar-refractivity contribution < 1.29 is 14.6 Å². The SMILES string of the molecule is Cc1nn(C)c(C)c1C(O)C(N)CCNC(=O)OC(C)(C)C. The fourth-order valence-electron chi connectivity index (χ4n) is 2.25. The summed E-state index contributed by atoms with van der Waals surface area (Å²) in [6.45, 7) is 9.48. The number of ether oxygens (including phenoxy) is 1. The zero-order valence-corrected chi connectivity index (χ0v) is 14.3. The second-order valence-electron chi connectivity index (χ2n) is 6.53. The van der Waals surface area contributed by atoms with E-state index < -0.39 is 23.8 Å². The summed E-state index contributed by atoms with van der Waals surface area (Å²) in [5.74, 6) is 0. The van der Waals surface area contributed by atoms with Crippen molar-refractivity contribution in [2.45, 2.75) is 58.8 Å². The van der Waals surface area contributed by atoms with Gasteiger partial charge in [0.25, 0.3) is 0 Å². The van der Waals surface area contributed by atoms with E-state index in [1.54, 1.807) is 25.5 Å². The monoisotopic (exact) mass is 312 g/mol. The molecule has 7 heteroatoms. The maximum atomic E-state index is 11.5. The van der Waals surface area contributed by atoms with Gasteiger partial charge in [-0.15, -0.1) is 0 Å². The molecular weight excluding hydrogens is 284 g/mol. The van der Waals surface area contributed by atoms with E-state index in [1.165, 1.54) is 0 Å². The molecule has 1 rings (SSSR count). The van der Waals surface area contributed by atoms with E-state index in [-0.39, 0.29) is 0 Å². The van der Waals surface area contributed by atoms with Crippen LogP contribution in [0.5, 0.6) is 0 Å². The summed E-state index contributed by atoms with van der Waals surface area (Å²) in [7, 11) is 1.83. The molecule has 2 atom stereocenters. The molecule has 0 aliphatic heterocycles. The molecule has 0 aromatic carbocycles. The Balaban J connectivity index is 2.52. The van der Waals surface area contributed by atoms with Gasteiger partial charge in [0.05, 0.1) is 11.8 Å². The smallest absolute Gasteiger partial charge is 0.407 e. The molecule has 0 saturated heterocycles. The van der Waals surface area contributed by atoms with Gasteiger partial charge in [-0.3, -0.25) is 4.68 Å². The molecule has 0 saturated carbocycles. The third kappa shape index (κ3) is 4.99. The van der Waals surface area contributed by atoms with Gasteiger partial charge in [-0.2, -0.15) is 5.10 Å². The van der Waals surface area contributed by atoms with Crippen molar-refractivity contribution in [2.24, 2.45) is 12.8 Å². The Bertz CT molecular complexity index is 520. The summed E-state index contributed by atoms with van der Waals surface area (Å²) in [5, 5.41) is 17.3. The maximum Gasteiger partial charge on any atom is 0.407 e. The minimum absolute atomic E-state index is 0.339. The number of aryl methyl sites for hydroxylation is 2. The minimum Gasteiger partial charge on any atom is -0.444 e. The lowest BCUT2D eigenvalue weighted by molar-refractivity contribution is 0.0521. The molecule has 1 aromatic rings. The van der Waals surface area contributed by atoms with E-state index in [1.807, 2.05) is 20.9 Å². The Hall–Kier alpha value is -1.60. The zero-order chi connectivity index (χ0) is 17.1. The highest BCUT2D eigenvalue weighted by atomic mass is 16.6. The molecule has 0 aliphatic rings. The number of alkyl carbamates (subject to hydrolysis) is 1. The van der Waals surface area contributed by atoms with Crippen LogP contribution in [0.25, 0.3) is 0 Å². The van der Waals surface area contributed by atoms with Crippen molar-refractivity contribution in [2.75, 3.05) is 6.54 Å². The van der Waals surface area contributed by atoms with Crippen LogP contribution in [0.1, 0.15) is 50.2 Å². The molecule has 0 fully saturated rings. The molecule has 4 N–H and O–H groups in total. The Morgan fingerprint density at radius 2 is 2.05 bits per heavy atom. The molecule has 2 unspecified atom stereocenters. The number of hydrogen-bond donors (Lipinski definition) is 3. The van der Waals surface area contributed by atoms with Gasteiger partial charge in [-0.25, -0.2) is 4.79 Å².